The molecule has 0 aliphatic carbocycles. The molecule has 0 aromatic carbocycles. The van der Waals surface area contributed by atoms with Gasteiger partial charge < -0.3 is 5.73 Å². The molecule has 0 spiro atoms. The Balaban J connectivity index is -0.000000394. The Morgan fingerprint density at radius 3 is 1.48 bits per heavy atom. The van der Waals surface area contributed by atoms with E-state index in [-0.39, 0.29) is 17.1 Å². The molecule has 0 aliphatic rings. The molecule has 0 rings (SSSR count). The van der Waals surface area contributed by atoms with Crippen molar-refractivity contribution in [3.8, 4) is 0 Å². The predicted octanol–water partition coefficient (Wildman–Crippen LogP) is 4.32. The topological polar surface area (TPSA) is 49.9 Å². The number of nitrogens with one attached hydrogen (secondary N) is 1. The van der Waals surface area contributed by atoms with Crippen molar-refractivity contribution in [2.24, 2.45) is 5.73 Å². The van der Waals surface area contributed by atoms with E-state index in [2.05, 4.69) is 37.7 Å². The summed E-state index contributed by atoms with van der Waals surface area (Å²) in [5.74, 6) is -2.83. The minimum absolute atomic E-state index is 0. The number of halogens is 7. The largest absolute Gasteiger partial charge is 0.435 e. The second-order valence-corrected chi connectivity index (χ2v) is 9.81. The maximum absolute atomic E-state index is 12.3. The molecular formula is C10H15CuF7N2Si. The van der Waals surface area contributed by atoms with Crippen molar-refractivity contribution in [1.82, 2.24) is 0 Å². The van der Waals surface area contributed by atoms with E-state index < -0.39 is 37.7 Å². The third-order valence-electron chi connectivity index (χ3n) is 1.66. The van der Waals surface area contributed by atoms with Gasteiger partial charge in [0.15, 0.2) is 17.2 Å². The quantitative estimate of drug-likeness (QED) is 0.414. The first-order chi connectivity index (χ1) is 8.54. The molecule has 0 amide bonds. The van der Waals surface area contributed by atoms with Gasteiger partial charge in [0.1, 0.15) is 0 Å². The van der Waals surface area contributed by atoms with Crippen LogP contribution in [0.1, 0.15) is 0 Å². The Labute approximate surface area is 129 Å². The molecule has 21 heavy (non-hydrogen) atoms. The van der Waals surface area contributed by atoms with Gasteiger partial charge >= 0.3 is 12.4 Å². The summed E-state index contributed by atoms with van der Waals surface area (Å²) < 4.78 is 81.5. The smallest absolute Gasteiger partial charge is 0.392 e. The molecule has 0 saturated heterocycles. The number of alkyl halides is 6. The van der Waals surface area contributed by atoms with Crippen LogP contribution < -0.4 is 5.73 Å². The molecule has 0 saturated carbocycles. The maximum Gasteiger partial charge on any atom is 0.435 e. The van der Waals surface area contributed by atoms with Crippen molar-refractivity contribution in [2.45, 2.75) is 32.0 Å². The van der Waals surface area contributed by atoms with Gasteiger partial charge in [-0.1, -0.05) is 19.6 Å². The molecule has 0 atom stereocenters. The molecule has 0 heterocycles. The fraction of sp³-hybridized carbons (Fsp3) is 0.500. The van der Waals surface area contributed by atoms with Gasteiger partial charge in [0.25, 0.3) is 0 Å². The standard InChI is InChI=1S/C5H3F7N2.C5H12Si.Cu/c6-1(2(13)4(7,8)9)3(14)5(10,11)12;1-5-6(2,3)4;/h13H,14H2;5H,1H2,2-4H3;. The Morgan fingerprint density at radius 2 is 1.33 bits per heavy atom. The van der Waals surface area contributed by atoms with Crippen LogP contribution in [-0.2, 0) is 17.1 Å². The van der Waals surface area contributed by atoms with Crippen LogP contribution >= 0.6 is 0 Å². The Bertz CT molecular complexity index is 394. The van der Waals surface area contributed by atoms with Crippen molar-refractivity contribution >= 4 is 13.8 Å². The molecule has 0 fully saturated rings. The van der Waals surface area contributed by atoms with Gasteiger partial charge in [-0.2, -0.15) is 26.3 Å². The van der Waals surface area contributed by atoms with Crippen LogP contribution in [0.15, 0.2) is 23.8 Å². The number of hydrogen-bond acceptors (Lipinski definition) is 2. The average Bonchev–Trinajstić information content (AvgIpc) is 2.23. The molecule has 3 N–H and O–H groups in total. The number of allylic oxidation sites excluding steroid dienone is 2. The van der Waals surface area contributed by atoms with Crippen LogP contribution in [0.2, 0.25) is 19.6 Å². The first-order valence-electron chi connectivity index (χ1n) is 5.06. The Morgan fingerprint density at radius 1 is 1.05 bits per heavy atom. The van der Waals surface area contributed by atoms with E-state index in [1.807, 2.05) is 0 Å². The van der Waals surface area contributed by atoms with Gasteiger partial charge in [0.2, 0.25) is 0 Å². The summed E-state index contributed by atoms with van der Waals surface area (Å²) in [6.45, 7) is 10.5. The average molecular weight is 388 g/mol. The SMILES string of the molecule is C=C[Si](C)(C)C.N=C(C(F)=C(N)C(F)(F)F)C(F)(F)F.[Cu]. The van der Waals surface area contributed by atoms with Crippen LogP contribution in [-0.4, -0.2) is 26.1 Å². The molecule has 0 aromatic heterocycles. The second kappa shape index (κ2) is 8.59. The molecule has 129 valence electrons. The summed E-state index contributed by atoms with van der Waals surface area (Å²) in [4.78, 5) is 0. The van der Waals surface area contributed by atoms with Gasteiger partial charge in [0.05, 0.1) is 8.07 Å². The molecule has 0 aromatic rings. The molecule has 11 heteroatoms. The summed E-state index contributed by atoms with van der Waals surface area (Å²) in [5, 5.41) is 6.02. The first-order valence-corrected chi connectivity index (χ1v) is 8.64. The molecule has 0 aliphatic heterocycles. The minimum Gasteiger partial charge on any atom is -0.392 e. The molecule has 0 bridgehead atoms. The van der Waals surface area contributed by atoms with E-state index in [4.69, 9.17) is 5.41 Å². The zero-order chi connectivity index (χ0) is 16.9. The van der Waals surface area contributed by atoms with Crippen LogP contribution in [0, 0.1) is 5.41 Å². The van der Waals surface area contributed by atoms with Gasteiger partial charge in [-0.15, -0.1) is 12.3 Å². The first kappa shape index (κ1) is 25.2. The fourth-order valence-electron chi connectivity index (χ4n) is 0.384. The maximum atomic E-state index is 12.3. The van der Waals surface area contributed by atoms with Gasteiger partial charge in [0, 0.05) is 17.1 Å². The van der Waals surface area contributed by atoms with Crippen LogP contribution in [0.5, 0.6) is 0 Å². The van der Waals surface area contributed by atoms with Crippen molar-refractivity contribution < 1.29 is 47.8 Å². The summed E-state index contributed by atoms with van der Waals surface area (Å²) in [5.41, 5.74) is 0.780. The zero-order valence-corrected chi connectivity index (χ0v) is 13.3. The second-order valence-electron chi connectivity index (χ2n) is 4.67. The van der Waals surface area contributed by atoms with Gasteiger partial charge in [-0.05, 0) is 0 Å². The summed E-state index contributed by atoms with van der Waals surface area (Å²) in [6, 6.07) is 0. The van der Waals surface area contributed by atoms with Gasteiger partial charge in [-0.3, -0.25) is 5.41 Å². The number of nitrogens with two attached hydrogens (primary N) is 1. The molecule has 1 radical (unpaired) electrons. The fourth-order valence-corrected chi connectivity index (χ4v) is 0.384. The number of rotatable bonds is 2. The van der Waals surface area contributed by atoms with E-state index in [0.29, 0.717) is 0 Å². The van der Waals surface area contributed by atoms with Crippen LogP contribution in [0.25, 0.3) is 0 Å². The van der Waals surface area contributed by atoms with Crippen molar-refractivity contribution in [3.63, 3.8) is 0 Å². The summed E-state index contributed by atoms with van der Waals surface area (Å²) in [6.07, 6.45) is -10.9. The Hall–Kier alpha value is -0.804. The third-order valence-corrected chi connectivity index (χ3v) is 2.88. The molecule has 0 unspecified atom stereocenters. The summed E-state index contributed by atoms with van der Waals surface area (Å²) >= 11 is 0. The normalized spacial score (nSPS) is 13.2. The monoisotopic (exact) mass is 387 g/mol. The third kappa shape index (κ3) is 11.5. The molecular weight excluding hydrogens is 373 g/mol. The Kier molecular flexibility index (Phi) is 10.3. The number of hydrogen-bond donors (Lipinski definition) is 2. The van der Waals surface area contributed by atoms with Crippen LogP contribution in [0.4, 0.5) is 30.7 Å². The van der Waals surface area contributed by atoms with E-state index in [9.17, 15) is 30.7 Å². The predicted molar refractivity (Wildman–Crippen MR) is 65.7 cm³/mol. The van der Waals surface area contributed by atoms with Crippen molar-refractivity contribution in [3.05, 3.63) is 23.8 Å². The molecule has 2 nitrogen and oxygen atoms in total. The van der Waals surface area contributed by atoms with Crippen molar-refractivity contribution in [2.75, 3.05) is 0 Å². The zero-order valence-electron chi connectivity index (χ0n) is 11.3. The van der Waals surface area contributed by atoms with Crippen LogP contribution in [0.3, 0.4) is 0 Å². The minimum atomic E-state index is -5.50. The van der Waals surface area contributed by atoms with Crippen molar-refractivity contribution in [1.29, 1.82) is 5.41 Å². The van der Waals surface area contributed by atoms with E-state index in [1.54, 1.807) is 0 Å². The van der Waals surface area contributed by atoms with E-state index >= 15 is 0 Å². The van der Waals surface area contributed by atoms with Gasteiger partial charge in [-0.25, -0.2) is 4.39 Å². The van der Waals surface area contributed by atoms with E-state index in [0.717, 1.165) is 0 Å². The summed E-state index contributed by atoms with van der Waals surface area (Å²) in [7, 11) is -0.867. The van der Waals surface area contributed by atoms with E-state index in [1.165, 1.54) is 0 Å².